The summed E-state index contributed by atoms with van der Waals surface area (Å²) in [6.45, 7) is 1.79. The van der Waals surface area contributed by atoms with E-state index >= 15 is 0 Å². The number of hydrogen-bond donors (Lipinski definition) is 3. The first-order valence-electron chi connectivity index (χ1n) is 16.6. The zero-order valence-corrected chi connectivity index (χ0v) is 27.9. The van der Waals surface area contributed by atoms with Gasteiger partial charge in [-0.15, -0.1) is 0 Å². The number of ether oxygens (including phenoxy) is 2. The number of hydrogen-bond acceptors (Lipinski definition) is 8. The van der Waals surface area contributed by atoms with Gasteiger partial charge in [0, 0.05) is 25.5 Å². The molecule has 3 heterocycles. The van der Waals surface area contributed by atoms with E-state index in [2.05, 4.69) is 10.6 Å². The number of allylic oxidation sites excluding steroid dienone is 1. The standard InChI is InChI=1S/C31H44F4N4O8S/c1-19-7-3-4-8-21-16-30(21,26(42)38-48(44,45)28(17-32)11-12-28)37-24(40)22-9-5-13-39(22)25(41)23(20(2)15-19)36-27(43)47-29(31(33,34)35)10-6-14-46-18-29/h4,8,19-23H,3,5-7,9-18H2,1-2H3,(H,36,43)(H,37,40)(H,38,42)/b8-4-/t19-,20-,21-,22+,23+,29?,30-/m1/s1. The smallest absolute Gasteiger partial charge is 0.430 e. The molecule has 0 bridgehead atoms. The third-order valence-corrected chi connectivity index (χ3v) is 12.7. The van der Waals surface area contributed by atoms with E-state index in [0.29, 0.717) is 25.7 Å². The van der Waals surface area contributed by atoms with Crippen molar-refractivity contribution in [1.29, 1.82) is 0 Å². The Balaban J connectivity index is 1.39. The highest BCUT2D eigenvalue weighted by Gasteiger charge is 2.64. The van der Waals surface area contributed by atoms with Crippen molar-refractivity contribution < 1.29 is 54.6 Å². The Morgan fingerprint density at radius 3 is 2.50 bits per heavy atom. The molecule has 0 aromatic rings. The molecule has 12 nitrogen and oxygen atoms in total. The zero-order chi connectivity index (χ0) is 35.1. The topological polar surface area (TPSA) is 160 Å². The predicted molar refractivity (Wildman–Crippen MR) is 162 cm³/mol. The van der Waals surface area contributed by atoms with Crippen molar-refractivity contribution >= 4 is 33.8 Å². The Kier molecular flexibility index (Phi) is 10.1. The average molecular weight is 709 g/mol. The van der Waals surface area contributed by atoms with Gasteiger partial charge in [0.05, 0.1) is 6.61 Å². The van der Waals surface area contributed by atoms with Crippen LogP contribution in [0.25, 0.3) is 0 Å². The monoisotopic (exact) mass is 708 g/mol. The van der Waals surface area contributed by atoms with Gasteiger partial charge in [0.15, 0.2) is 0 Å². The van der Waals surface area contributed by atoms with Crippen LogP contribution in [0.2, 0.25) is 0 Å². The fourth-order valence-electron chi connectivity index (χ4n) is 7.14. The quantitative estimate of drug-likeness (QED) is 0.281. The van der Waals surface area contributed by atoms with Crippen LogP contribution in [0.5, 0.6) is 0 Å². The van der Waals surface area contributed by atoms with Crippen LogP contribution in [-0.4, -0.2) is 97.7 Å². The minimum Gasteiger partial charge on any atom is -0.431 e. The Hall–Kier alpha value is -2.95. The lowest BCUT2D eigenvalue weighted by atomic mass is 9.88. The first kappa shape index (κ1) is 36.3. The third kappa shape index (κ3) is 7.03. The zero-order valence-electron chi connectivity index (χ0n) is 27.1. The largest absolute Gasteiger partial charge is 0.431 e. The van der Waals surface area contributed by atoms with Gasteiger partial charge in [0.1, 0.15) is 29.0 Å². The highest BCUT2D eigenvalue weighted by atomic mass is 32.2. The van der Waals surface area contributed by atoms with Crippen molar-refractivity contribution in [2.75, 3.05) is 26.4 Å². The summed E-state index contributed by atoms with van der Waals surface area (Å²) >= 11 is 0. The molecule has 270 valence electrons. The predicted octanol–water partition coefficient (Wildman–Crippen LogP) is 3.02. The minimum atomic E-state index is -4.92. The molecule has 17 heteroatoms. The summed E-state index contributed by atoms with van der Waals surface area (Å²) in [6, 6.07) is -2.44. The molecule has 0 spiro atoms. The second kappa shape index (κ2) is 13.4. The van der Waals surface area contributed by atoms with Gasteiger partial charge in [-0.1, -0.05) is 26.0 Å². The van der Waals surface area contributed by atoms with Gasteiger partial charge >= 0.3 is 12.3 Å². The Bertz CT molecular complexity index is 1410. The number of carbonyl (C=O) groups is 4. The number of sulfonamides is 1. The van der Waals surface area contributed by atoms with Crippen LogP contribution in [0, 0.1) is 17.8 Å². The summed E-state index contributed by atoms with van der Waals surface area (Å²) in [7, 11) is -4.37. The van der Waals surface area contributed by atoms with E-state index in [-0.39, 0.29) is 51.2 Å². The molecule has 7 atom stereocenters. The van der Waals surface area contributed by atoms with Crippen molar-refractivity contribution in [3.05, 3.63) is 12.2 Å². The van der Waals surface area contributed by atoms with E-state index in [0.717, 1.165) is 0 Å². The molecule has 2 aliphatic carbocycles. The number of amides is 4. The molecule has 0 radical (unpaired) electrons. The van der Waals surface area contributed by atoms with E-state index in [1.807, 2.05) is 17.7 Å². The van der Waals surface area contributed by atoms with Crippen LogP contribution in [0.1, 0.15) is 78.1 Å². The molecule has 0 aromatic heterocycles. The van der Waals surface area contributed by atoms with E-state index in [1.54, 1.807) is 13.0 Å². The van der Waals surface area contributed by atoms with Crippen LogP contribution >= 0.6 is 0 Å². The molecule has 4 fully saturated rings. The molecule has 1 unspecified atom stereocenters. The number of nitrogens with zero attached hydrogens (tertiary/aromatic N) is 1. The van der Waals surface area contributed by atoms with Crippen molar-refractivity contribution in [3.8, 4) is 0 Å². The number of halogens is 4. The first-order valence-corrected chi connectivity index (χ1v) is 18.0. The van der Waals surface area contributed by atoms with E-state index in [4.69, 9.17) is 9.47 Å². The van der Waals surface area contributed by atoms with Crippen LogP contribution < -0.4 is 15.4 Å². The molecule has 4 amide bonds. The number of rotatable bonds is 6. The number of fused-ring (bicyclic) bond motifs is 2. The fraction of sp³-hybridized carbons (Fsp3) is 0.806. The molecule has 2 saturated heterocycles. The number of alkyl halides is 4. The molecule has 0 aromatic carbocycles. The van der Waals surface area contributed by atoms with Gasteiger partial charge < -0.3 is 25.0 Å². The lowest BCUT2D eigenvalue weighted by molar-refractivity contribution is -0.285. The van der Waals surface area contributed by atoms with Crippen molar-refractivity contribution in [2.24, 2.45) is 17.8 Å². The fourth-order valence-corrected chi connectivity index (χ4v) is 8.57. The molecule has 2 saturated carbocycles. The van der Waals surface area contributed by atoms with Gasteiger partial charge in [-0.3, -0.25) is 19.1 Å². The van der Waals surface area contributed by atoms with Gasteiger partial charge in [-0.05, 0) is 69.6 Å². The van der Waals surface area contributed by atoms with Crippen LogP contribution in [0.3, 0.4) is 0 Å². The van der Waals surface area contributed by atoms with Crippen molar-refractivity contribution in [1.82, 2.24) is 20.3 Å². The molecule has 5 rings (SSSR count). The highest BCUT2D eigenvalue weighted by Crippen LogP contribution is 2.48. The molecular formula is C31H44F4N4O8S. The average Bonchev–Trinajstić information content (AvgIpc) is 3.91. The van der Waals surface area contributed by atoms with Gasteiger partial charge in [-0.25, -0.2) is 17.6 Å². The molecule has 5 aliphatic rings. The lowest BCUT2D eigenvalue weighted by Crippen LogP contribution is -2.60. The van der Waals surface area contributed by atoms with Crippen molar-refractivity contribution in [2.45, 2.75) is 112 Å². The summed E-state index contributed by atoms with van der Waals surface area (Å²) in [5, 5.41) is 5.07. The highest BCUT2D eigenvalue weighted by molar-refractivity contribution is 7.91. The number of nitrogens with one attached hydrogen (secondary N) is 3. The summed E-state index contributed by atoms with van der Waals surface area (Å²) in [5.41, 5.74) is -4.51. The second-order valence-corrected chi connectivity index (χ2v) is 16.3. The lowest BCUT2D eigenvalue weighted by Gasteiger charge is -2.38. The van der Waals surface area contributed by atoms with Crippen LogP contribution in [0.15, 0.2) is 12.2 Å². The first-order chi connectivity index (χ1) is 22.5. The SMILES string of the molecule is C[C@@H]1CC/C=C\[C@@H]2C[C@@]2(C(=O)NS(=O)(=O)C2(CF)CC2)NC(=O)[C@@H]2CCCN2C(=O)[C@@H](NC(=O)OC2(C(F)(F)F)CCCOC2)[C@H](C)C1. The van der Waals surface area contributed by atoms with Gasteiger partial charge in [0.25, 0.3) is 5.91 Å². The van der Waals surface area contributed by atoms with Gasteiger partial charge in [0.2, 0.25) is 27.4 Å². The second-order valence-electron chi connectivity index (χ2n) is 14.2. The Labute approximate surface area is 277 Å². The Morgan fingerprint density at radius 2 is 1.88 bits per heavy atom. The van der Waals surface area contributed by atoms with Crippen molar-refractivity contribution in [3.63, 3.8) is 0 Å². The van der Waals surface area contributed by atoms with E-state index in [9.17, 15) is 45.2 Å². The maximum absolute atomic E-state index is 14.1. The summed E-state index contributed by atoms with van der Waals surface area (Å²) in [6.07, 6.45) is -0.889. The number of carbonyl (C=O) groups excluding carboxylic acids is 4. The third-order valence-electron chi connectivity index (χ3n) is 10.5. The molecule has 3 N–H and O–H groups in total. The summed E-state index contributed by atoms with van der Waals surface area (Å²) < 4.78 is 91.9. The summed E-state index contributed by atoms with van der Waals surface area (Å²) in [4.78, 5) is 55.7. The number of alkyl carbamates (subject to hydrolysis) is 1. The molecule has 3 aliphatic heterocycles. The Morgan fingerprint density at radius 1 is 1.15 bits per heavy atom. The van der Waals surface area contributed by atoms with E-state index < -0.39 is 99.5 Å². The maximum Gasteiger partial charge on any atom is 0.430 e. The molecule has 48 heavy (non-hydrogen) atoms. The van der Waals surface area contributed by atoms with E-state index in [1.165, 1.54) is 4.90 Å². The maximum atomic E-state index is 14.1. The van der Waals surface area contributed by atoms with Crippen LogP contribution in [-0.2, 0) is 33.9 Å². The minimum absolute atomic E-state index is 0.00174. The molecular weight excluding hydrogens is 664 g/mol. The summed E-state index contributed by atoms with van der Waals surface area (Å²) in [5.74, 6) is -3.51. The normalized spacial score (nSPS) is 36.3. The van der Waals surface area contributed by atoms with Crippen LogP contribution in [0.4, 0.5) is 22.4 Å². The van der Waals surface area contributed by atoms with Gasteiger partial charge in [-0.2, -0.15) is 13.2 Å².